The Bertz CT molecular complexity index is 339. The first-order valence-corrected chi connectivity index (χ1v) is 5.73. The molecule has 0 amide bonds. The lowest BCUT2D eigenvalue weighted by atomic mass is 10.0. The number of morpholine rings is 1. The minimum absolute atomic E-state index is 0.696. The first kappa shape index (κ1) is 11.6. The van der Waals surface area contributed by atoms with Crippen LogP contribution in [0.3, 0.4) is 0 Å². The highest BCUT2D eigenvalue weighted by molar-refractivity contribution is 5.25. The Labute approximate surface area is 96.6 Å². The third-order valence-electron chi connectivity index (χ3n) is 3.23. The molecular formula is C13H19NO2. The van der Waals surface area contributed by atoms with Gasteiger partial charge in [0.05, 0.1) is 13.2 Å². The molecule has 1 aromatic carbocycles. The third-order valence-corrected chi connectivity index (χ3v) is 3.23. The van der Waals surface area contributed by atoms with E-state index in [-0.39, 0.29) is 0 Å². The van der Waals surface area contributed by atoms with Gasteiger partial charge in [-0.25, -0.2) is 0 Å². The molecule has 1 heterocycles. The number of aliphatic hydroxyl groups is 1. The number of hydrogen-bond donors (Lipinski definition) is 1. The van der Waals surface area contributed by atoms with Gasteiger partial charge in [-0.05, 0) is 19.4 Å². The molecule has 1 fully saturated rings. The summed E-state index contributed by atoms with van der Waals surface area (Å²) in [6, 6.07) is 8.05. The minimum Gasteiger partial charge on any atom is -0.379 e. The van der Waals surface area contributed by atoms with Gasteiger partial charge >= 0.3 is 0 Å². The van der Waals surface area contributed by atoms with Gasteiger partial charge in [0.2, 0.25) is 0 Å². The zero-order valence-corrected chi connectivity index (χ0v) is 9.94. The Balaban J connectivity index is 2.19. The number of ether oxygens (including phenoxy) is 1. The zero-order chi connectivity index (χ0) is 11.6. The normalized spacial score (nSPS) is 21.7. The summed E-state index contributed by atoms with van der Waals surface area (Å²) >= 11 is 0. The van der Waals surface area contributed by atoms with Crippen LogP contribution in [0.4, 0.5) is 0 Å². The van der Waals surface area contributed by atoms with Crippen molar-refractivity contribution in [3.8, 4) is 0 Å². The van der Waals surface area contributed by atoms with Gasteiger partial charge < -0.3 is 9.84 Å². The first-order valence-electron chi connectivity index (χ1n) is 5.73. The number of hydrogen-bond acceptors (Lipinski definition) is 3. The van der Waals surface area contributed by atoms with Crippen LogP contribution in [-0.4, -0.2) is 36.3 Å². The van der Waals surface area contributed by atoms with Gasteiger partial charge in [0.15, 0.2) is 0 Å². The summed E-state index contributed by atoms with van der Waals surface area (Å²) in [5.41, 5.74) is 1.26. The molecule has 1 saturated heterocycles. The highest BCUT2D eigenvalue weighted by Crippen LogP contribution is 2.26. The smallest absolute Gasteiger partial charge is 0.141 e. The number of benzene rings is 1. The fraction of sp³-hybridized carbons (Fsp3) is 0.538. The van der Waals surface area contributed by atoms with E-state index >= 15 is 0 Å². The molecule has 2 rings (SSSR count). The van der Waals surface area contributed by atoms with Gasteiger partial charge in [-0.2, -0.15) is 0 Å². The Kier molecular flexibility index (Phi) is 3.28. The number of aryl methyl sites for hydroxylation is 1. The van der Waals surface area contributed by atoms with E-state index in [1.165, 1.54) is 5.56 Å². The minimum atomic E-state index is -0.891. The largest absolute Gasteiger partial charge is 0.379 e. The van der Waals surface area contributed by atoms with Crippen LogP contribution in [0.1, 0.15) is 18.1 Å². The predicted molar refractivity (Wildman–Crippen MR) is 63.1 cm³/mol. The average Bonchev–Trinajstić information content (AvgIpc) is 2.31. The molecule has 1 aliphatic rings. The molecule has 1 aliphatic heterocycles. The molecule has 0 aromatic heterocycles. The van der Waals surface area contributed by atoms with Crippen LogP contribution in [0.5, 0.6) is 0 Å². The molecule has 16 heavy (non-hydrogen) atoms. The Morgan fingerprint density at radius 2 is 1.75 bits per heavy atom. The zero-order valence-electron chi connectivity index (χ0n) is 9.94. The van der Waals surface area contributed by atoms with Gasteiger partial charge in [-0.15, -0.1) is 0 Å². The molecule has 0 saturated carbocycles. The SMILES string of the molecule is Cc1ccc(C(C)(O)N2CCOCC2)cc1. The maximum Gasteiger partial charge on any atom is 0.141 e. The third kappa shape index (κ3) is 2.26. The molecular weight excluding hydrogens is 202 g/mol. The van der Waals surface area contributed by atoms with Crippen molar-refractivity contribution in [1.29, 1.82) is 0 Å². The summed E-state index contributed by atoms with van der Waals surface area (Å²) in [6.45, 7) is 6.85. The molecule has 1 N–H and O–H groups in total. The van der Waals surface area contributed by atoms with Gasteiger partial charge in [0, 0.05) is 13.1 Å². The van der Waals surface area contributed by atoms with Gasteiger partial charge in [0.1, 0.15) is 5.72 Å². The van der Waals surface area contributed by atoms with Crippen molar-refractivity contribution in [3.05, 3.63) is 35.4 Å². The molecule has 3 nitrogen and oxygen atoms in total. The Morgan fingerprint density at radius 3 is 2.31 bits per heavy atom. The van der Waals surface area contributed by atoms with Crippen molar-refractivity contribution in [2.75, 3.05) is 26.3 Å². The van der Waals surface area contributed by atoms with Crippen LogP contribution >= 0.6 is 0 Å². The lowest BCUT2D eigenvalue weighted by molar-refractivity contribution is -0.135. The second-order valence-corrected chi connectivity index (χ2v) is 4.49. The van der Waals surface area contributed by atoms with E-state index in [0.29, 0.717) is 13.2 Å². The van der Waals surface area contributed by atoms with Crippen LogP contribution in [-0.2, 0) is 10.5 Å². The summed E-state index contributed by atoms with van der Waals surface area (Å²) < 4.78 is 5.30. The Hall–Kier alpha value is -0.900. The summed E-state index contributed by atoms with van der Waals surface area (Å²) in [4.78, 5) is 2.06. The summed E-state index contributed by atoms with van der Waals surface area (Å²) in [6.07, 6.45) is 0. The highest BCUT2D eigenvalue weighted by atomic mass is 16.5. The molecule has 1 unspecified atom stereocenters. The standard InChI is InChI=1S/C13H19NO2/c1-11-3-5-12(6-4-11)13(2,15)14-7-9-16-10-8-14/h3-6,15H,7-10H2,1-2H3. The van der Waals surface area contributed by atoms with Gasteiger partial charge in [-0.3, -0.25) is 4.90 Å². The molecule has 0 radical (unpaired) electrons. The van der Waals surface area contributed by atoms with Crippen molar-refractivity contribution in [2.24, 2.45) is 0 Å². The fourth-order valence-corrected chi connectivity index (χ4v) is 2.05. The topological polar surface area (TPSA) is 32.7 Å². The van der Waals surface area contributed by atoms with E-state index in [1.807, 2.05) is 38.1 Å². The van der Waals surface area contributed by atoms with Crippen LogP contribution < -0.4 is 0 Å². The second kappa shape index (κ2) is 4.53. The lowest BCUT2D eigenvalue weighted by Crippen LogP contribution is -2.49. The molecule has 1 atom stereocenters. The van der Waals surface area contributed by atoms with Crippen molar-refractivity contribution >= 4 is 0 Å². The van der Waals surface area contributed by atoms with Crippen molar-refractivity contribution in [3.63, 3.8) is 0 Å². The van der Waals surface area contributed by atoms with Gasteiger partial charge in [-0.1, -0.05) is 29.8 Å². The maximum absolute atomic E-state index is 10.6. The van der Waals surface area contributed by atoms with Gasteiger partial charge in [0.25, 0.3) is 0 Å². The molecule has 1 aromatic rings. The van der Waals surface area contributed by atoms with Crippen LogP contribution in [0, 0.1) is 6.92 Å². The molecule has 3 heteroatoms. The van der Waals surface area contributed by atoms with Crippen LogP contribution in [0.2, 0.25) is 0 Å². The monoisotopic (exact) mass is 221 g/mol. The number of rotatable bonds is 2. The lowest BCUT2D eigenvalue weighted by Gasteiger charge is -2.39. The number of nitrogens with zero attached hydrogens (tertiary/aromatic N) is 1. The van der Waals surface area contributed by atoms with E-state index in [1.54, 1.807) is 0 Å². The quantitative estimate of drug-likeness (QED) is 0.821. The van der Waals surface area contributed by atoms with E-state index < -0.39 is 5.72 Å². The van der Waals surface area contributed by atoms with Crippen molar-refractivity contribution in [1.82, 2.24) is 4.90 Å². The average molecular weight is 221 g/mol. The molecule has 0 spiro atoms. The highest BCUT2D eigenvalue weighted by Gasteiger charge is 2.31. The summed E-state index contributed by atoms with van der Waals surface area (Å²) in [7, 11) is 0. The van der Waals surface area contributed by atoms with Crippen molar-refractivity contribution in [2.45, 2.75) is 19.6 Å². The van der Waals surface area contributed by atoms with E-state index in [4.69, 9.17) is 4.74 Å². The molecule has 0 bridgehead atoms. The van der Waals surface area contributed by atoms with Crippen LogP contribution in [0.15, 0.2) is 24.3 Å². The molecule has 88 valence electrons. The second-order valence-electron chi connectivity index (χ2n) is 4.49. The Morgan fingerprint density at radius 1 is 1.19 bits per heavy atom. The summed E-state index contributed by atoms with van der Waals surface area (Å²) in [5, 5.41) is 10.6. The fourth-order valence-electron chi connectivity index (χ4n) is 2.05. The maximum atomic E-state index is 10.6. The van der Waals surface area contributed by atoms with E-state index in [2.05, 4.69) is 4.90 Å². The molecule has 0 aliphatic carbocycles. The van der Waals surface area contributed by atoms with Crippen LogP contribution in [0.25, 0.3) is 0 Å². The summed E-state index contributed by atoms with van der Waals surface area (Å²) in [5.74, 6) is 0. The van der Waals surface area contributed by atoms with Crippen molar-refractivity contribution < 1.29 is 9.84 Å². The predicted octanol–water partition coefficient (Wildman–Crippen LogP) is 1.49. The first-order chi connectivity index (χ1) is 7.60. The van der Waals surface area contributed by atoms with E-state index in [0.717, 1.165) is 18.7 Å². The van der Waals surface area contributed by atoms with E-state index in [9.17, 15) is 5.11 Å².